The molecule has 0 bridgehead atoms. The minimum atomic E-state index is -0.964. The number of para-hydroxylation sites is 1. The van der Waals surface area contributed by atoms with Gasteiger partial charge in [-0.25, -0.2) is 0 Å². The first-order valence-electron chi connectivity index (χ1n) is 9.89. The van der Waals surface area contributed by atoms with Gasteiger partial charge >= 0.3 is 5.97 Å². The number of hydrogen-bond acceptors (Lipinski definition) is 5. The summed E-state index contributed by atoms with van der Waals surface area (Å²) in [4.78, 5) is 36.5. The van der Waals surface area contributed by atoms with Crippen LogP contribution in [0.25, 0.3) is 0 Å². The van der Waals surface area contributed by atoms with Gasteiger partial charge in [0, 0.05) is 12.5 Å². The van der Waals surface area contributed by atoms with E-state index in [2.05, 4.69) is 17.6 Å². The van der Waals surface area contributed by atoms with Crippen LogP contribution in [0.2, 0.25) is 0 Å². The maximum atomic E-state index is 12.3. The third kappa shape index (κ3) is 6.62. The van der Waals surface area contributed by atoms with Crippen molar-refractivity contribution in [3.63, 3.8) is 0 Å². The number of rotatable bonds is 10. The highest BCUT2D eigenvalue weighted by atomic mass is 16.5. The Hall–Kier alpha value is -3.35. The second kappa shape index (κ2) is 11.6. The van der Waals surface area contributed by atoms with Crippen LogP contribution < -0.4 is 15.4 Å². The summed E-state index contributed by atoms with van der Waals surface area (Å²) in [7, 11) is 1.46. The second-order valence-corrected chi connectivity index (χ2v) is 6.78. The van der Waals surface area contributed by atoms with Gasteiger partial charge in [-0.05, 0) is 31.0 Å². The number of ether oxygens (including phenoxy) is 2. The van der Waals surface area contributed by atoms with Crippen LogP contribution in [0.1, 0.15) is 42.1 Å². The van der Waals surface area contributed by atoms with Gasteiger partial charge in [-0.2, -0.15) is 0 Å². The van der Waals surface area contributed by atoms with Gasteiger partial charge in [-0.3, -0.25) is 14.4 Å². The van der Waals surface area contributed by atoms with Gasteiger partial charge in [-0.1, -0.05) is 49.4 Å². The molecule has 2 N–H and O–H groups in total. The molecule has 0 saturated carbocycles. The molecular formula is C23H28N2O5. The molecule has 160 valence electrons. The van der Waals surface area contributed by atoms with Crippen molar-refractivity contribution in [2.75, 3.05) is 20.2 Å². The lowest BCUT2D eigenvalue weighted by molar-refractivity contribution is -0.153. The topological polar surface area (TPSA) is 93.7 Å². The Morgan fingerprint density at radius 1 is 0.967 bits per heavy atom. The Bertz CT molecular complexity index is 854. The van der Waals surface area contributed by atoms with Gasteiger partial charge in [0.15, 0.2) is 6.10 Å². The highest BCUT2D eigenvalue weighted by Crippen LogP contribution is 2.18. The molecule has 0 aliphatic heterocycles. The summed E-state index contributed by atoms with van der Waals surface area (Å²) in [5.41, 5.74) is 1.45. The fourth-order valence-electron chi connectivity index (χ4n) is 2.96. The Kier molecular flexibility index (Phi) is 8.87. The van der Waals surface area contributed by atoms with Crippen LogP contribution in [0, 0.1) is 0 Å². The summed E-state index contributed by atoms with van der Waals surface area (Å²) in [6.07, 6.45) is -0.0954. The average Bonchev–Trinajstić information content (AvgIpc) is 2.78. The van der Waals surface area contributed by atoms with E-state index in [1.807, 2.05) is 30.3 Å². The predicted octanol–water partition coefficient (Wildman–Crippen LogP) is 2.67. The lowest BCUT2D eigenvalue weighted by Crippen LogP contribution is -2.40. The molecular weight excluding hydrogens is 384 g/mol. The molecule has 0 fully saturated rings. The first-order chi connectivity index (χ1) is 14.5. The molecule has 2 atom stereocenters. The zero-order chi connectivity index (χ0) is 21.9. The summed E-state index contributed by atoms with van der Waals surface area (Å²) in [5.74, 6) is -0.960. The van der Waals surface area contributed by atoms with Crippen LogP contribution in [0.4, 0.5) is 0 Å². The Balaban J connectivity index is 1.79. The van der Waals surface area contributed by atoms with Crippen molar-refractivity contribution in [3.8, 4) is 5.75 Å². The summed E-state index contributed by atoms with van der Waals surface area (Å²) < 4.78 is 10.3. The molecule has 0 radical (unpaired) electrons. The predicted molar refractivity (Wildman–Crippen MR) is 113 cm³/mol. The summed E-state index contributed by atoms with van der Waals surface area (Å²) in [6, 6.07) is 16.6. The zero-order valence-electron chi connectivity index (χ0n) is 17.5. The molecule has 0 aliphatic rings. The Labute approximate surface area is 176 Å². The van der Waals surface area contributed by atoms with Gasteiger partial charge in [0.1, 0.15) is 12.3 Å². The first-order valence-corrected chi connectivity index (χ1v) is 9.89. The number of methoxy groups -OCH3 is 1. The van der Waals surface area contributed by atoms with Crippen molar-refractivity contribution in [1.82, 2.24) is 10.6 Å². The monoisotopic (exact) mass is 412 g/mol. The van der Waals surface area contributed by atoms with Crippen molar-refractivity contribution in [3.05, 3.63) is 65.7 Å². The SMILES string of the molecule is CC[C@H](CNC(=O)[C@@H](C)OC(=O)CNC(=O)c1ccccc1OC)c1ccccc1. The minimum absolute atomic E-state index is 0.179. The first kappa shape index (κ1) is 22.9. The summed E-state index contributed by atoms with van der Waals surface area (Å²) in [6.45, 7) is 3.65. The molecule has 2 amide bonds. The van der Waals surface area contributed by atoms with E-state index >= 15 is 0 Å². The number of esters is 1. The standard InChI is InChI=1S/C23H28N2O5/c1-4-17(18-10-6-5-7-11-18)14-24-22(27)16(2)30-21(26)15-25-23(28)19-12-8-9-13-20(19)29-3/h5-13,16-17H,4,14-15H2,1-3H3,(H,24,27)(H,25,28)/t16-,17-/m1/s1. The molecule has 0 aromatic heterocycles. The van der Waals surface area contributed by atoms with Crippen LogP contribution >= 0.6 is 0 Å². The molecule has 30 heavy (non-hydrogen) atoms. The highest BCUT2D eigenvalue weighted by Gasteiger charge is 2.20. The van der Waals surface area contributed by atoms with E-state index in [0.29, 0.717) is 17.9 Å². The minimum Gasteiger partial charge on any atom is -0.496 e. The Morgan fingerprint density at radius 3 is 2.30 bits per heavy atom. The molecule has 0 saturated heterocycles. The molecule has 0 aliphatic carbocycles. The fraction of sp³-hybridized carbons (Fsp3) is 0.348. The molecule has 7 heteroatoms. The Morgan fingerprint density at radius 2 is 1.63 bits per heavy atom. The molecule has 2 rings (SSSR count). The number of benzene rings is 2. The van der Waals surface area contributed by atoms with E-state index < -0.39 is 18.0 Å². The van der Waals surface area contributed by atoms with Crippen molar-refractivity contribution in [1.29, 1.82) is 0 Å². The van der Waals surface area contributed by atoms with Crippen molar-refractivity contribution < 1.29 is 23.9 Å². The number of amides is 2. The largest absolute Gasteiger partial charge is 0.496 e. The number of carbonyl (C=O) groups is 3. The van der Waals surface area contributed by atoms with Crippen LogP contribution in [-0.2, 0) is 14.3 Å². The fourth-order valence-corrected chi connectivity index (χ4v) is 2.96. The molecule has 0 unspecified atom stereocenters. The van der Waals surface area contributed by atoms with E-state index in [4.69, 9.17) is 9.47 Å². The van der Waals surface area contributed by atoms with E-state index in [0.717, 1.165) is 12.0 Å². The van der Waals surface area contributed by atoms with E-state index in [9.17, 15) is 14.4 Å². The molecule has 2 aromatic carbocycles. The van der Waals surface area contributed by atoms with E-state index in [1.165, 1.54) is 14.0 Å². The van der Waals surface area contributed by atoms with Crippen LogP contribution in [0.5, 0.6) is 5.75 Å². The molecule has 0 spiro atoms. The lowest BCUT2D eigenvalue weighted by Gasteiger charge is -2.18. The van der Waals surface area contributed by atoms with Gasteiger partial charge in [0.25, 0.3) is 11.8 Å². The normalized spacial score (nSPS) is 12.4. The van der Waals surface area contributed by atoms with Gasteiger partial charge in [0.2, 0.25) is 0 Å². The number of hydrogen-bond donors (Lipinski definition) is 2. The third-order valence-electron chi connectivity index (χ3n) is 4.71. The summed E-state index contributed by atoms with van der Waals surface area (Å²) in [5, 5.41) is 5.30. The average molecular weight is 412 g/mol. The maximum Gasteiger partial charge on any atom is 0.326 e. The second-order valence-electron chi connectivity index (χ2n) is 6.78. The maximum absolute atomic E-state index is 12.3. The quantitative estimate of drug-likeness (QED) is 0.585. The molecule has 2 aromatic rings. The van der Waals surface area contributed by atoms with Gasteiger partial charge in [-0.15, -0.1) is 0 Å². The van der Waals surface area contributed by atoms with Crippen LogP contribution in [0.3, 0.4) is 0 Å². The lowest BCUT2D eigenvalue weighted by atomic mass is 9.96. The van der Waals surface area contributed by atoms with E-state index in [1.54, 1.807) is 24.3 Å². The molecule has 7 nitrogen and oxygen atoms in total. The molecule has 0 heterocycles. The van der Waals surface area contributed by atoms with Crippen molar-refractivity contribution >= 4 is 17.8 Å². The van der Waals surface area contributed by atoms with E-state index in [-0.39, 0.29) is 18.4 Å². The van der Waals surface area contributed by atoms with Crippen LogP contribution in [0.15, 0.2) is 54.6 Å². The van der Waals surface area contributed by atoms with Gasteiger partial charge in [0.05, 0.1) is 12.7 Å². The van der Waals surface area contributed by atoms with Crippen molar-refractivity contribution in [2.45, 2.75) is 32.3 Å². The highest BCUT2D eigenvalue weighted by molar-refractivity contribution is 5.98. The van der Waals surface area contributed by atoms with Gasteiger partial charge < -0.3 is 20.1 Å². The zero-order valence-corrected chi connectivity index (χ0v) is 17.5. The number of carbonyl (C=O) groups excluding carboxylic acids is 3. The summed E-state index contributed by atoms with van der Waals surface area (Å²) >= 11 is 0. The van der Waals surface area contributed by atoms with Crippen molar-refractivity contribution in [2.24, 2.45) is 0 Å². The number of nitrogens with one attached hydrogen (secondary N) is 2. The third-order valence-corrected chi connectivity index (χ3v) is 4.71. The smallest absolute Gasteiger partial charge is 0.326 e. The van der Waals surface area contributed by atoms with Crippen LogP contribution in [-0.4, -0.2) is 44.1 Å².